The van der Waals surface area contributed by atoms with Crippen LogP contribution in [0.5, 0.6) is 0 Å². The van der Waals surface area contributed by atoms with Crippen LogP contribution in [0.2, 0.25) is 0 Å². The van der Waals surface area contributed by atoms with Gasteiger partial charge in [0.25, 0.3) is 0 Å². The standard InChI is InChI=1S/C21H22F2N4O/c1-26-19(11-18(25-26)21(28-2)7-8-21)27-9-6-16-13(12-27)10-17(24-16)20-14(22)4-3-5-15(20)23/h3-5,10-11,24H,6-9,12H2,1-2H3. The van der Waals surface area contributed by atoms with E-state index in [1.807, 2.05) is 17.8 Å². The Morgan fingerprint density at radius 1 is 1.18 bits per heavy atom. The fourth-order valence-electron chi connectivity index (χ4n) is 4.18. The first-order chi connectivity index (χ1) is 13.5. The first-order valence-electron chi connectivity index (χ1n) is 9.50. The first-order valence-corrected chi connectivity index (χ1v) is 9.50. The van der Waals surface area contributed by atoms with E-state index in [0.29, 0.717) is 12.2 Å². The summed E-state index contributed by atoms with van der Waals surface area (Å²) in [4.78, 5) is 5.47. The summed E-state index contributed by atoms with van der Waals surface area (Å²) in [6, 6.07) is 7.91. The third-order valence-corrected chi connectivity index (χ3v) is 5.96. The molecule has 0 saturated heterocycles. The summed E-state index contributed by atoms with van der Waals surface area (Å²) >= 11 is 0. The van der Waals surface area contributed by atoms with E-state index < -0.39 is 11.6 Å². The maximum atomic E-state index is 14.2. The maximum absolute atomic E-state index is 14.2. The van der Waals surface area contributed by atoms with Gasteiger partial charge in [-0.2, -0.15) is 5.10 Å². The van der Waals surface area contributed by atoms with E-state index in [-0.39, 0.29) is 11.2 Å². The van der Waals surface area contributed by atoms with Crippen molar-refractivity contribution in [2.45, 2.75) is 31.4 Å². The Kier molecular flexibility index (Phi) is 3.84. The van der Waals surface area contributed by atoms with Crippen molar-refractivity contribution >= 4 is 5.82 Å². The van der Waals surface area contributed by atoms with Gasteiger partial charge < -0.3 is 14.6 Å². The molecule has 5 rings (SSSR count). The number of nitrogens with zero attached hydrogens (tertiary/aromatic N) is 3. The summed E-state index contributed by atoms with van der Waals surface area (Å²) < 4.78 is 35.9. The van der Waals surface area contributed by atoms with Crippen LogP contribution in [-0.4, -0.2) is 28.4 Å². The minimum Gasteiger partial charge on any atom is -0.372 e. The number of methoxy groups -OCH3 is 1. The van der Waals surface area contributed by atoms with Crippen molar-refractivity contribution in [3.63, 3.8) is 0 Å². The molecule has 0 radical (unpaired) electrons. The summed E-state index contributed by atoms with van der Waals surface area (Å²) in [5, 5.41) is 4.67. The number of aromatic amines is 1. The van der Waals surface area contributed by atoms with Gasteiger partial charge in [-0.25, -0.2) is 8.78 Å². The molecular formula is C21H22F2N4O. The third-order valence-electron chi connectivity index (χ3n) is 5.96. The summed E-state index contributed by atoms with van der Waals surface area (Å²) in [5.74, 6) is -0.0779. The Bertz CT molecular complexity index is 1030. The van der Waals surface area contributed by atoms with E-state index >= 15 is 0 Å². The molecule has 146 valence electrons. The molecule has 3 heterocycles. The van der Waals surface area contributed by atoms with Gasteiger partial charge in [-0.1, -0.05) is 6.07 Å². The smallest absolute Gasteiger partial charge is 0.135 e. The quantitative estimate of drug-likeness (QED) is 0.742. The van der Waals surface area contributed by atoms with E-state index in [1.54, 1.807) is 7.11 Å². The number of fused-ring (bicyclic) bond motifs is 1. The van der Waals surface area contributed by atoms with Crippen LogP contribution in [0.3, 0.4) is 0 Å². The molecule has 2 aliphatic rings. The molecule has 1 fully saturated rings. The molecule has 2 aromatic heterocycles. The van der Waals surface area contributed by atoms with Crippen LogP contribution in [0.1, 0.15) is 29.8 Å². The van der Waals surface area contributed by atoms with Crippen LogP contribution in [0.25, 0.3) is 11.3 Å². The van der Waals surface area contributed by atoms with Crippen molar-refractivity contribution in [1.29, 1.82) is 0 Å². The Balaban J connectivity index is 1.44. The van der Waals surface area contributed by atoms with Crippen LogP contribution >= 0.6 is 0 Å². The van der Waals surface area contributed by atoms with E-state index in [1.165, 1.54) is 18.2 Å². The van der Waals surface area contributed by atoms with Crippen LogP contribution in [-0.2, 0) is 30.4 Å². The Hall–Kier alpha value is -2.67. The minimum atomic E-state index is -0.555. The number of rotatable bonds is 4. The van der Waals surface area contributed by atoms with E-state index in [4.69, 9.17) is 4.74 Å². The van der Waals surface area contributed by atoms with Crippen molar-refractivity contribution in [2.75, 3.05) is 18.6 Å². The lowest BCUT2D eigenvalue weighted by Crippen LogP contribution is -2.31. The van der Waals surface area contributed by atoms with Crippen molar-refractivity contribution in [2.24, 2.45) is 7.05 Å². The van der Waals surface area contributed by atoms with E-state index in [0.717, 1.165) is 48.6 Å². The van der Waals surface area contributed by atoms with Crippen LogP contribution < -0.4 is 4.90 Å². The van der Waals surface area contributed by atoms with Crippen LogP contribution in [0.4, 0.5) is 14.6 Å². The number of H-pyrrole nitrogens is 1. The van der Waals surface area contributed by atoms with Crippen LogP contribution in [0.15, 0.2) is 30.3 Å². The molecule has 28 heavy (non-hydrogen) atoms. The summed E-state index contributed by atoms with van der Waals surface area (Å²) in [6.45, 7) is 1.48. The van der Waals surface area contributed by atoms with Gasteiger partial charge in [0.05, 0.1) is 17.0 Å². The zero-order valence-electron chi connectivity index (χ0n) is 15.9. The number of nitrogens with one attached hydrogen (secondary N) is 1. The number of anilines is 1. The maximum Gasteiger partial charge on any atom is 0.135 e. The van der Waals surface area contributed by atoms with Gasteiger partial charge in [0.1, 0.15) is 23.1 Å². The fourth-order valence-corrected chi connectivity index (χ4v) is 4.18. The second-order valence-electron chi connectivity index (χ2n) is 7.66. The third kappa shape index (κ3) is 2.64. The summed E-state index contributed by atoms with van der Waals surface area (Å²) in [7, 11) is 3.68. The number of hydrogen-bond donors (Lipinski definition) is 1. The molecule has 5 nitrogen and oxygen atoms in total. The van der Waals surface area contributed by atoms with Gasteiger partial charge in [0.15, 0.2) is 0 Å². The number of halogens is 2. The SMILES string of the molecule is COC1(c2cc(N3CCc4[nH]c(-c5c(F)cccc5F)cc4C3)n(C)n2)CC1. The second-order valence-corrected chi connectivity index (χ2v) is 7.66. The summed E-state index contributed by atoms with van der Waals surface area (Å²) in [5.41, 5.74) is 3.33. The topological polar surface area (TPSA) is 46.1 Å². The van der Waals surface area contributed by atoms with Crippen molar-refractivity contribution in [3.8, 4) is 11.3 Å². The van der Waals surface area contributed by atoms with E-state index in [9.17, 15) is 8.78 Å². The highest BCUT2D eigenvalue weighted by atomic mass is 19.1. The first kappa shape index (κ1) is 17.4. The molecule has 1 aliphatic heterocycles. The molecule has 1 N–H and O–H groups in total. The average Bonchev–Trinajstić information content (AvgIpc) is 3.21. The Morgan fingerprint density at radius 2 is 1.93 bits per heavy atom. The Labute approximate surface area is 161 Å². The molecule has 3 aromatic rings. The van der Waals surface area contributed by atoms with Gasteiger partial charge in [-0.15, -0.1) is 0 Å². The Morgan fingerprint density at radius 3 is 2.61 bits per heavy atom. The highest BCUT2D eigenvalue weighted by Crippen LogP contribution is 2.48. The molecule has 1 aliphatic carbocycles. The predicted molar refractivity (Wildman–Crippen MR) is 102 cm³/mol. The largest absolute Gasteiger partial charge is 0.372 e. The molecule has 1 aromatic carbocycles. The number of hydrogen-bond acceptors (Lipinski definition) is 3. The van der Waals surface area contributed by atoms with Crippen molar-refractivity contribution in [3.05, 3.63) is 58.9 Å². The number of aromatic nitrogens is 3. The molecule has 0 spiro atoms. The van der Waals surface area contributed by atoms with Gasteiger partial charge in [-0.3, -0.25) is 4.68 Å². The second kappa shape index (κ2) is 6.17. The average molecular weight is 384 g/mol. The molecule has 0 bridgehead atoms. The van der Waals surface area contributed by atoms with Gasteiger partial charge >= 0.3 is 0 Å². The molecule has 0 atom stereocenters. The molecular weight excluding hydrogens is 362 g/mol. The molecule has 7 heteroatoms. The number of ether oxygens (including phenoxy) is 1. The molecule has 1 saturated carbocycles. The van der Waals surface area contributed by atoms with E-state index in [2.05, 4.69) is 21.0 Å². The monoisotopic (exact) mass is 384 g/mol. The number of benzene rings is 1. The predicted octanol–water partition coefficient (Wildman–Crippen LogP) is 3.89. The highest BCUT2D eigenvalue weighted by Gasteiger charge is 2.47. The van der Waals surface area contributed by atoms with Crippen molar-refractivity contribution in [1.82, 2.24) is 14.8 Å². The molecule has 0 amide bonds. The lowest BCUT2D eigenvalue weighted by Gasteiger charge is -2.28. The molecule has 0 unspecified atom stereocenters. The van der Waals surface area contributed by atoms with Crippen molar-refractivity contribution < 1.29 is 13.5 Å². The van der Waals surface area contributed by atoms with Crippen LogP contribution in [0, 0.1) is 11.6 Å². The fraction of sp³-hybridized carbons (Fsp3) is 0.381. The lowest BCUT2D eigenvalue weighted by atomic mass is 10.1. The minimum absolute atomic E-state index is 0.00189. The summed E-state index contributed by atoms with van der Waals surface area (Å²) in [6.07, 6.45) is 2.78. The zero-order valence-corrected chi connectivity index (χ0v) is 15.9. The zero-order chi connectivity index (χ0) is 19.5. The van der Waals surface area contributed by atoms with Gasteiger partial charge in [0, 0.05) is 45.4 Å². The number of aryl methyl sites for hydroxylation is 1. The normalized spacial score (nSPS) is 17.6. The van der Waals surface area contributed by atoms with Gasteiger partial charge in [-0.05, 0) is 36.6 Å². The highest BCUT2D eigenvalue weighted by molar-refractivity contribution is 5.64. The van der Waals surface area contributed by atoms with Gasteiger partial charge in [0.2, 0.25) is 0 Å². The lowest BCUT2D eigenvalue weighted by molar-refractivity contribution is 0.0747.